The number of aliphatic hydroxyl groups is 1. The number of carbonyl (C=O) groups excluding carboxylic acids is 1. The molecule has 1 atom stereocenters. The summed E-state index contributed by atoms with van der Waals surface area (Å²) in [4.78, 5) is 30.8. The van der Waals surface area contributed by atoms with Gasteiger partial charge in [0.1, 0.15) is 5.82 Å². The Morgan fingerprint density at radius 3 is 1.65 bits per heavy atom. The molecular weight excluding hydrogens is 713 g/mol. The van der Waals surface area contributed by atoms with Gasteiger partial charge in [-0.3, -0.25) is 9.36 Å². The predicted molar refractivity (Wildman–Crippen MR) is 241 cm³/mol. The number of nitrogen functional groups attached to an aromatic ring is 1. The molecule has 9 heteroatoms. The number of aliphatic hydroxyl groups excluding tert-OH is 1. The molecule has 57 heavy (non-hydrogen) atoms. The van der Waals surface area contributed by atoms with Gasteiger partial charge in [-0.25, -0.2) is 4.79 Å². The Bertz CT molecular complexity index is 1070. The summed E-state index contributed by atoms with van der Waals surface area (Å²) in [7, 11) is 0. The fourth-order valence-corrected chi connectivity index (χ4v) is 7.75. The third kappa shape index (κ3) is 33.5. The van der Waals surface area contributed by atoms with Crippen molar-refractivity contribution in [1.82, 2.24) is 14.5 Å². The van der Waals surface area contributed by atoms with Crippen LogP contribution < -0.4 is 11.4 Å². The van der Waals surface area contributed by atoms with E-state index < -0.39 is 6.29 Å². The predicted octanol–water partition coefficient (Wildman–Crippen LogP) is 12.3. The molecule has 0 aliphatic rings. The molecule has 0 radical (unpaired) electrons. The third-order valence-corrected chi connectivity index (χ3v) is 11.4. The summed E-state index contributed by atoms with van der Waals surface area (Å²) in [6.07, 6.45) is 39.4. The fourth-order valence-electron chi connectivity index (χ4n) is 7.75. The minimum Gasteiger partial charge on any atom is -0.466 e. The van der Waals surface area contributed by atoms with Gasteiger partial charge >= 0.3 is 11.7 Å². The van der Waals surface area contributed by atoms with Gasteiger partial charge in [-0.15, -0.1) is 0 Å². The molecule has 0 aliphatic heterocycles. The third-order valence-electron chi connectivity index (χ3n) is 11.4. The summed E-state index contributed by atoms with van der Waals surface area (Å²) in [5.74, 6) is 0.224. The Kier molecular flexibility index (Phi) is 36.8. The summed E-state index contributed by atoms with van der Waals surface area (Å²) in [6, 6.07) is 1.69. The molecule has 1 rings (SSSR count). The number of aryl methyl sites for hydroxylation is 1. The van der Waals surface area contributed by atoms with E-state index in [9.17, 15) is 14.7 Å². The molecule has 334 valence electrons. The van der Waals surface area contributed by atoms with Crippen molar-refractivity contribution in [2.24, 2.45) is 0 Å². The SMILES string of the molecule is CCCCCCCCOC(=O)CCCCCCCN(CCCCCCCC(O)OC(CCCCCCCC)CCCCCCCC)CCCn1ccc(N)nc1=O. The smallest absolute Gasteiger partial charge is 0.349 e. The average molecular weight is 805 g/mol. The fraction of sp³-hybridized carbons (Fsp3) is 0.896. The van der Waals surface area contributed by atoms with Gasteiger partial charge in [-0.05, 0) is 83.5 Å². The van der Waals surface area contributed by atoms with Crippen molar-refractivity contribution in [3.05, 3.63) is 22.7 Å². The van der Waals surface area contributed by atoms with Crippen LogP contribution in [0.3, 0.4) is 0 Å². The highest BCUT2D eigenvalue weighted by Gasteiger charge is 2.15. The first-order valence-corrected chi connectivity index (χ1v) is 24.4. The van der Waals surface area contributed by atoms with Crippen LogP contribution in [-0.4, -0.2) is 64.2 Å². The largest absolute Gasteiger partial charge is 0.466 e. The highest BCUT2D eigenvalue weighted by molar-refractivity contribution is 5.69. The molecule has 0 aliphatic carbocycles. The normalized spacial score (nSPS) is 12.2. The van der Waals surface area contributed by atoms with Gasteiger partial charge in [0.05, 0.1) is 12.7 Å². The van der Waals surface area contributed by atoms with Gasteiger partial charge in [-0.2, -0.15) is 4.98 Å². The molecule has 1 aromatic rings. The summed E-state index contributed by atoms with van der Waals surface area (Å²) >= 11 is 0. The van der Waals surface area contributed by atoms with Gasteiger partial charge in [-0.1, -0.05) is 168 Å². The monoisotopic (exact) mass is 805 g/mol. The van der Waals surface area contributed by atoms with Crippen molar-refractivity contribution in [2.75, 3.05) is 32.0 Å². The second-order valence-electron chi connectivity index (χ2n) is 16.9. The Hall–Kier alpha value is -1.97. The summed E-state index contributed by atoms with van der Waals surface area (Å²) in [5.41, 5.74) is 5.40. The van der Waals surface area contributed by atoms with E-state index in [2.05, 4.69) is 30.7 Å². The first-order valence-electron chi connectivity index (χ1n) is 24.4. The van der Waals surface area contributed by atoms with Crippen molar-refractivity contribution in [1.29, 1.82) is 0 Å². The molecule has 9 nitrogen and oxygen atoms in total. The van der Waals surface area contributed by atoms with E-state index in [0.29, 0.717) is 19.6 Å². The van der Waals surface area contributed by atoms with E-state index in [1.54, 1.807) is 16.8 Å². The Labute approximate surface area is 351 Å². The van der Waals surface area contributed by atoms with E-state index in [4.69, 9.17) is 15.2 Å². The Balaban J connectivity index is 2.36. The number of rotatable bonds is 43. The Morgan fingerprint density at radius 1 is 0.649 bits per heavy atom. The minimum atomic E-state index is -0.641. The van der Waals surface area contributed by atoms with Crippen molar-refractivity contribution >= 4 is 11.8 Å². The topological polar surface area (TPSA) is 120 Å². The number of unbranched alkanes of at least 4 members (excludes halogenated alkanes) is 23. The number of anilines is 1. The molecule has 0 bridgehead atoms. The van der Waals surface area contributed by atoms with Crippen LogP contribution in [0.2, 0.25) is 0 Å². The van der Waals surface area contributed by atoms with Gasteiger partial charge in [0.25, 0.3) is 0 Å². The first-order chi connectivity index (χ1) is 27.9. The second kappa shape index (κ2) is 39.5. The van der Waals surface area contributed by atoms with Crippen LogP contribution in [0.25, 0.3) is 0 Å². The lowest BCUT2D eigenvalue weighted by molar-refractivity contribution is -0.144. The molecule has 0 amide bonds. The van der Waals surface area contributed by atoms with Crippen molar-refractivity contribution in [3.8, 4) is 0 Å². The number of nitrogens with two attached hydrogens (primary N) is 1. The minimum absolute atomic E-state index is 0.0408. The zero-order chi connectivity index (χ0) is 41.4. The van der Waals surface area contributed by atoms with Crippen LogP contribution in [0.5, 0.6) is 0 Å². The van der Waals surface area contributed by atoms with E-state index >= 15 is 0 Å². The molecular formula is C48H92N4O5. The quantitative estimate of drug-likeness (QED) is 0.0380. The summed E-state index contributed by atoms with van der Waals surface area (Å²) in [6.45, 7) is 11.0. The number of hydrogen-bond donors (Lipinski definition) is 2. The number of nitrogens with zero attached hydrogens (tertiary/aromatic N) is 3. The lowest BCUT2D eigenvalue weighted by Crippen LogP contribution is -2.30. The maximum Gasteiger partial charge on any atom is 0.349 e. The molecule has 0 saturated heterocycles. The molecule has 0 aromatic carbocycles. The van der Waals surface area contributed by atoms with Crippen LogP contribution in [-0.2, 0) is 20.8 Å². The van der Waals surface area contributed by atoms with E-state index in [1.807, 2.05) is 0 Å². The van der Waals surface area contributed by atoms with Crippen LogP contribution in [0.1, 0.15) is 233 Å². The van der Waals surface area contributed by atoms with Crippen LogP contribution >= 0.6 is 0 Å². The number of hydrogen-bond acceptors (Lipinski definition) is 8. The van der Waals surface area contributed by atoms with Crippen molar-refractivity contribution in [2.45, 2.75) is 252 Å². The molecule has 3 N–H and O–H groups in total. The van der Waals surface area contributed by atoms with E-state index in [-0.39, 0.29) is 23.6 Å². The molecule has 1 heterocycles. The van der Waals surface area contributed by atoms with Gasteiger partial charge in [0.2, 0.25) is 0 Å². The van der Waals surface area contributed by atoms with Gasteiger partial charge in [0, 0.05) is 19.2 Å². The summed E-state index contributed by atoms with van der Waals surface area (Å²) in [5, 5.41) is 10.8. The average Bonchev–Trinajstić information content (AvgIpc) is 3.19. The van der Waals surface area contributed by atoms with Crippen molar-refractivity contribution < 1.29 is 19.4 Å². The van der Waals surface area contributed by atoms with Crippen LogP contribution in [0.15, 0.2) is 17.1 Å². The van der Waals surface area contributed by atoms with Crippen LogP contribution in [0, 0.1) is 0 Å². The number of carbonyl (C=O) groups is 1. The van der Waals surface area contributed by atoms with Crippen LogP contribution in [0.4, 0.5) is 5.82 Å². The van der Waals surface area contributed by atoms with E-state index in [0.717, 1.165) is 110 Å². The Morgan fingerprint density at radius 2 is 1.11 bits per heavy atom. The lowest BCUT2D eigenvalue weighted by Gasteiger charge is -2.23. The van der Waals surface area contributed by atoms with Crippen molar-refractivity contribution in [3.63, 3.8) is 0 Å². The molecule has 1 unspecified atom stereocenters. The maximum atomic E-state index is 12.2. The second-order valence-corrected chi connectivity index (χ2v) is 16.9. The number of esters is 1. The first kappa shape index (κ1) is 53.0. The van der Waals surface area contributed by atoms with Gasteiger partial charge < -0.3 is 25.2 Å². The molecule has 0 fully saturated rings. The standard InChI is InChI=1S/C48H92N4O5/c1-4-7-10-13-18-25-33-44(34-26-19-14-11-8-5-2)57-47(54)36-28-21-17-23-30-39-51(40-32-41-52-42-37-45(49)50-48(52)55)38-29-22-16-20-27-35-46(53)56-43-31-24-15-12-9-6-3/h37,42,44,47,54H,4-36,38-41,43H2,1-3H3,(H2,49,50,55). The molecule has 0 saturated carbocycles. The summed E-state index contributed by atoms with van der Waals surface area (Å²) < 4.78 is 13.3. The number of ether oxygens (including phenoxy) is 2. The number of aromatic nitrogens is 2. The van der Waals surface area contributed by atoms with Gasteiger partial charge in [0.15, 0.2) is 6.29 Å². The highest BCUT2D eigenvalue weighted by atomic mass is 16.6. The van der Waals surface area contributed by atoms with E-state index in [1.165, 1.54) is 116 Å². The zero-order valence-corrected chi connectivity index (χ0v) is 37.7. The highest BCUT2D eigenvalue weighted by Crippen LogP contribution is 2.20. The maximum absolute atomic E-state index is 12.2. The molecule has 1 aromatic heterocycles. The lowest BCUT2D eigenvalue weighted by atomic mass is 10.0. The zero-order valence-electron chi connectivity index (χ0n) is 37.7. The molecule has 0 spiro atoms.